The average molecular weight is 650 g/mol. The van der Waals surface area contributed by atoms with E-state index in [0.717, 1.165) is 39.8 Å². The molecule has 4 aromatic rings. The zero-order valence-electron chi connectivity index (χ0n) is 25.8. The second-order valence-electron chi connectivity index (χ2n) is 9.99. The first-order valence-electron chi connectivity index (χ1n) is 14.3. The van der Waals surface area contributed by atoms with Crippen molar-refractivity contribution < 1.29 is 28.7 Å². The zero-order valence-corrected chi connectivity index (χ0v) is 27.4. The molecule has 0 unspecified atom stereocenters. The summed E-state index contributed by atoms with van der Waals surface area (Å²) in [5.41, 5.74) is 4.18. The van der Waals surface area contributed by atoms with Crippen molar-refractivity contribution in [1.29, 1.82) is 0 Å². The minimum atomic E-state index is -0.639. The quantitative estimate of drug-likeness (QED) is 0.145. The molecule has 0 aliphatic carbocycles. The number of nitrogens with zero attached hydrogens (tertiary/aromatic N) is 3. The van der Waals surface area contributed by atoms with Crippen LogP contribution in [0.5, 0.6) is 0 Å². The van der Waals surface area contributed by atoms with Crippen LogP contribution in [0.15, 0.2) is 53.7 Å². The van der Waals surface area contributed by atoms with E-state index in [-0.39, 0.29) is 46.9 Å². The summed E-state index contributed by atoms with van der Waals surface area (Å²) in [6.07, 6.45) is 0. The van der Waals surface area contributed by atoms with Crippen molar-refractivity contribution in [3.8, 4) is 0 Å². The maximum absolute atomic E-state index is 13.1. The fourth-order valence-corrected chi connectivity index (χ4v) is 6.22. The van der Waals surface area contributed by atoms with Gasteiger partial charge in [0, 0.05) is 5.56 Å². The van der Waals surface area contributed by atoms with Crippen LogP contribution >= 0.6 is 23.1 Å². The number of hydrogen-bond acceptors (Lipinski definition) is 10. The Balaban J connectivity index is 1.51. The Labute approximate surface area is 269 Å². The maximum Gasteiger partial charge on any atom is 0.348 e. The molecular formula is C32H35N5O6S2. The molecule has 0 radical (unpaired) electrons. The lowest BCUT2D eigenvalue weighted by Gasteiger charge is -2.12. The van der Waals surface area contributed by atoms with E-state index in [2.05, 4.69) is 20.8 Å². The van der Waals surface area contributed by atoms with Gasteiger partial charge >= 0.3 is 11.9 Å². The highest BCUT2D eigenvalue weighted by Crippen LogP contribution is 2.34. The van der Waals surface area contributed by atoms with Gasteiger partial charge in [-0.25, -0.2) is 9.59 Å². The smallest absolute Gasteiger partial charge is 0.348 e. The number of amides is 2. The van der Waals surface area contributed by atoms with Gasteiger partial charge in [-0.1, -0.05) is 48.2 Å². The molecule has 2 N–H and O–H groups in total. The van der Waals surface area contributed by atoms with E-state index in [1.807, 2.05) is 60.9 Å². The lowest BCUT2D eigenvalue weighted by atomic mass is 10.1. The fraction of sp³-hybridized carbons (Fsp3) is 0.312. The third kappa shape index (κ3) is 8.37. The second-order valence-corrected chi connectivity index (χ2v) is 12.0. The van der Waals surface area contributed by atoms with Crippen molar-refractivity contribution in [1.82, 2.24) is 20.1 Å². The molecule has 0 spiro atoms. The number of aryl methyl sites for hydroxylation is 2. The number of carbonyl (C=O) groups is 4. The lowest BCUT2D eigenvalue weighted by Crippen LogP contribution is -2.25. The molecule has 0 atom stereocenters. The average Bonchev–Trinajstić information content (AvgIpc) is 3.56. The van der Waals surface area contributed by atoms with E-state index in [1.54, 1.807) is 26.8 Å². The molecule has 2 amide bonds. The number of ether oxygens (including phenoxy) is 2. The van der Waals surface area contributed by atoms with Gasteiger partial charge in [-0.3, -0.25) is 9.59 Å². The Bertz CT molecular complexity index is 1700. The minimum Gasteiger partial charge on any atom is -0.462 e. The first kappa shape index (κ1) is 33.4. The van der Waals surface area contributed by atoms with Crippen molar-refractivity contribution in [2.24, 2.45) is 0 Å². The van der Waals surface area contributed by atoms with Gasteiger partial charge < -0.3 is 24.7 Å². The number of hydrogen-bond donors (Lipinski definition) is 2. The monoisotopic (exact) mass is 649 g/mol. The number of carbonyl (C=O) groups excluding carboxylic acids is 4. The normalized spacial score (nSPS) is 10.8. The van der Waals surface area contributed by atoms with E-state index in [9.17, 15) is 19.2 Å². The van der Waals surface area contributed by atoms with Crippen molar-refractivity contribution in [3.63, 3.8) is 0 Å². The molecule has 11 nitrogen and oxygen atoms in total. The van der Waals surface area contributed by atoms with E-state index in [0.29, 0.717) is 28.7 Å². The molecule has 4 rings (SSSR count). The molecule has 13 heteroatoms. The summed E-state index contributed by atoms with van der Waals surface area (Å²) in [5.74, 6) is -1.40. The maximum atomic E-state index is 13.1. The van der Waals surface area contributed by atoms with Gasteiger partial charge in [0.15, 0.2) is 11.0 Å². The Morgan fingerprint density at radius 1 is 0.911 bits per heavy atom. The first-order valence-corrected chi connectivity index (χ1v) is 16.1. The predicted molar refractivity (Wildman–Crippen MR) is 173 cm³/mol. The molecule has 0 saturated carbocycles. The van der Waals surface area contributed by atoms with Crippen LogP contribution in [0, 0.1) is 20.8 Å². The first-order chi connectivity index (χ1) is 21.6. The molecule has 45 heavy (non-hydrogen) atoms. The van der Waals surface area contributed by atoms with Crippen molar-refractivity contribution in [2.45, 2.75) is 52.9 Å². The molecule has 0 aliphatic rings. The summed E-state index contributed by atoms with van der Waals surface area (Å²) in [6.45, 7) is 9.79. The predicted octanol–water partition coefficient (Wildman–Crippen LogP) is 5.33. The Kier molecular flexibility index (Phi) is 11.5. The molecular weight excluding hydrogens is 615 g/mol. The SMILES string of the molecule is CCOC(=O)c1sc(NC(=O)CSc2nnc(CNC(=O)c3ccc(C)c(C)c3)n2Cc2ccccc2)c(C(=O)OCC)c1C. The summed E-state index contributed by atoms with van der Waals surface area (Å²) in [4.78, 5) is 51.4. The third-order valence-electron chi connectivity index (χ3n) is 6.83. The van der Waals surface area contributed by atoms with Gasteiger partial charge in [-0.2, -0.15) is 0 Å². The van der Waals surface area contributed by atoms with Crippen LogP contribution in [0.25, 0.3) is 0 Å². The highest BCUT2D eigenvalue weighted by Gasteiger charge is 2.27. The summed E-state index contributed by atoms with van der Waals surface area (Å²) in [5, 5.41) is 15.0. The highest BCUT2D eigenvalue weighted by molar-refractivity contribution is 7.99. The number of thiophene rings is 1. The van der Waals surface area contributed by atoms with Crippen LogP contribution in [0.2, 0.25) is 0 Å². The minimum absolute atomic E-state index is 0.0596. The number of anilines is 1. The van der Waals surface area contributed by atoms with Crippen LogP contribution in [0.4, 0.5) is 5.00 Å². The van der Waals surface area contributed by atoms with Crippen molar-refractivity contribution in [2.75, 3.05) is 24.3 Å². The third-order valence-corrected chi connectivity index (χ3v) is 8.98. The topological polar surface area (TPSA) is 142 Å². The van der Waals surface area contributed by atoms with E-state index in [4.69, 9.17) is 9.47 Å². The molecule has 0 aliphatic heterocycles. The van der Waals surface area contributed by atoms with Gasteiger partial charge in [-0.15, -0.1) is 21.5 Å². The summed E-state index contributed by atoms with van der Waals surface area (Å²) >= 11 is 2.13. The molecule has 0 saturated heterocycles. The zero-order chi connectivity index (χ0) is 32.5. The van der Waals surface area contributed by atoms with Crippen LogP contribution in [0.1, 0.15) is 72.3 Å². The Hall–Kier alpha value is -4.49. The van der Waals surface area contributed by atoms with Crippen LogP contribution in [-0.2, 0) is 27.4 Å². The molecule has 2 aromatic heterocycles. The highest BCUT2D eigenvalue weighted by atomic mass is 32.2. The van der Waals surface area contributed by atoms with Gasteiger partial charge in [-0.05, 0) is 69.0 Å². The number of esters is 2. The van der Waals surface area contributed by atoms with Gasteiger partial charge in [0.2, 0.25) is 5.91 Å². The molecule has 236 valence electrons. The van der Waals surface area contributed by atoms with E-state index in [1.165, 1.54) is 0 Å². The second kappa shape index (κ2) is 15.5. The number of thioether (sulfide) groups is 1. The van der Waals surface area contributed by atoms with E-state index < -0.39 is 17.8 Å². The van der Waals surface area contributed by atoms with Gasteiger partial charge in [0.05, 0.1) is 37.6 Å². The summed E-state index contributed by atoms with van der Waals surface area (Å²) in [6, 6.07) is 15.2. The van der Waals surface area contributed by atoms with E-state index >= 15 is 0 Å². The lowest BCUT2D eigenvalue weighted by molar-refractivity contribution is -0.113. The summed E-state index contributed by atoms with van der Waals surface area (Å²) < 4.78 is 12.1. The summed E-state index contributed by atoms with van der Waals surface area (Å²) in [7, 11) is 0. The Morgan fingerprint density at radius 2 is 1.62 bits per heavy atom. The van der Waals surface area contributed by atoms with Gasteiger partial charge in [0.1, 0.15) is 9.88 Å². The number of rotatable bonds is 13. The molecule has 0 bridgehead atoms. The van der Waals surface area contributed by atoms with Crippen molar-refractivity contribution >= 4 is 51.9 Å². The van der Waals surface area contributed by atoms with Crippen LogP contribution in [0.3, 0.4) is 0 Å². The molecule has 0 fully saturated rings. The van der Waals surface area contributed by atoms with Crippen LogP contribution < -0.4 is 10.6 Å². The fourth-order valence-electron chi connectivity index (χ4n) is 4.36. The molecule has 2 aromatic carbocycles. The van der Waals surface area contributed by atoms with Crippen LogP contribution in [-0.4, -0.2) is 57.5 Å². The van der Waals surface area contributed by atoms with Crippen molar-refractivity contribution in [3.05, 3.63) is 92.6 Å². The number of benzene rings is 2. The largest absolute Gasteiger partial charge is 0.462 e. The number of nitrogens with one attached hydrogen (secondary N) is 2. The number of aromatic nitrogens is 3. The molecule has 2 heterocycles. The van der Waals surface area contributed by atoms with Gasteiger partial charge in [0.25, 0.3) is 5.91 Å². The standard InChI is InChI=1S/C32H35N5O6S2/c1-6-42-30(40)26-21(5)27(31(41)43-7-2)45-29(26)34-25(38)18-44-32-36-35-24(37(32)17-22-11-9-8-10-12-22)16-33-28(39)23-14-13-19(3)20(4)15-23/h8-15H,6-7,16-18H2,1-5H3,(H,33,39)(H,34,38). The Morgan fingerprint density at radius 3 is 2.31 bits per heavy atom.